The van der Waals surface area contributed by atoms with E-state index in [1.807, 2.05) is 5.38 Å². The molecular formula is C18H22N8OS. The molecule has 1 aliphatic rings. The number of benzene rings is 1. The van der Waals surface area contributed by atoms with E-state index >= 15 is 0 Å². The average molecular weight is 398 g/mol. The number of amides is 1. The van der Waals surface area contributed by atoms with Crippen LogP contribution < -0.4 is 5.32 Å². The zero-order valence-electron chi connectivity index (χ0n) is 15.6. The van der Waals surface area contributed by atoms with Crippen molar-refractivity contribution in [3.8, 4) is 10.6 Å². The molecule has 9 nitrogen and oxygen atoms in total. The number of carbonyl (C=O) groups excluding carboxylic acids is 1. The van der Waals surface area contributed by atoms with Crippen molar-refractivity contribution >= 4 is 23.2 Å². The van der Waals surface area contributed by atoms with Crippen LogP contribution in [0.2, 0.25) is 0 Å². The van der Waals surface area contributed by atoms with Crippen LogP contribution in [0.15, 0.2) is 29.6 Å². The number of nitrogens with zero attached hydrogens (tertiary/aromatic N) is 6. The van der Waals surface area contributed by atoms with E-state index in [-0.39, 0.29) is 18.3 Å². The monoisotopic (exact) mass is 398 g/mol. The molecule has 1 aliphatic heterocycles. The largest absolute Gasteiger partial charge is 0.304 e. The molecule has 0 bridgehead atoms. The third-order valence-electron chi connectivity index (χ3n) is 4.69. The van der Waals surface area contributed by atoms with Crippen molar-refractivity contribution in [2.45, 2.75) is 13.0 Å². The third kappa shape index (κ3) is 4.77. The van der Waals surface area contributed by atoms with Gasteiger partial charge in [0.05, 0.1) is 12.1 Å². The second-order valence-corrected chi connectivity index (χ2v) is 7.74. The van der Waals surface area contributed by atoms with Gasteiger partial charge in [-0.3, -0.25) is 15.0 Å². The van der Waals surface area contributed by atoms with E-state index < -0.39 is 0 Å². The van der Waals surface area contributed by atoms with Gasteiger partial charge >= 0.3 is 0 Å². The van der Waals surface area contributed by atoms with Gasteiger partial charge in [0, 0.05) is 43.7 Å². The van der Waals surface area contributed by atoms with E-state index in [2.05, 4.69) is 72.0 Å². The standard InChI is InChI=1S/C18H22N8OS/c1-25-6-8-26(9-7-25)11-13-2-4-14(5-3-13)17-19-15(12-28-17)10-16(27)20-18-21-23-24-22-18/h2-5,12H,6-11H2,1H3,(H2,20,21,22,23,24,27). The highest BCUT2D eigenvalue weighted by molar-refractivity contribution is 7.13. The first kappa shape index (κ1) is 18.7. The number of aromatic amines is 1. The van der Waals surface area contributed by atoms with Crippen molar-refractivity contribution in [1.82, 2.24) is 35.4 Å². The van der Waals surface area contributed by atoms with Crippen LogP contribution in [0.1, 0.15) is 11.3 Å². The molecular weight excluding hydrogens is 376 g/mol. The van der Waals surface area contributed by atoms with E-state index in [0.717, 1.165) is 49.0 Å². The Morgan fingerprint density at radius 3 is 2.71 bits per heavy atom. The number of rotatable bonds is 6. The highest BCUT2D eigenvalue weighted by atomic mass is 32.1. The average Bonchev–Trinajstić information content (AvgIpc) is 3.36. The lowest BCUT2D eigenvalue weighted by Gasteiger charge is -2.32. The first-order chi connectivity index (χ1) is 13.7. The lowest BCUT2D eigenvalue weighted by molar-refractivity contribution is -0.115. The van der Waals surface area contributed by atoms with Crippen LogP contribution in [-0.2, 0) is 17.8 Å². The van der Waals surface area contributed by atoms with Gasteiger partial charge in [0.1, 0.15) is 5.01 Å². The molecule has 28 heavy (non-hydrogen) atoms. The summed E-state index contributed by atoms with van der Waals surface area (Å²) >= 11 is 1.54. The van der Waals surface area contributed by atoms with E-state index in [9.17, 15) is 4.79 Å². The summed E-state index contributed by atoms with van der Waals surface area (Å²) in [7, 11) is 2.17. The molecule has 0 radical (unpaired) electrons. The number of H-pyrrole nitrogens is 1. The molecule has 3 aromatic rings. The first-order valence-corrected chi connectivity index (χ1v) is 10.0. The Labute approximate surface area is 166 Å². The maximum Gasteiger partial charge on any atom is 0.269 e. The van der Waals surface area contributed by atoms with Crippen LogP contribution in [0.3, 0.4) is 0 Å². The number of hydrogen-bond acceptors (Lipinski definition) is 8. The highest BCUT2D eigenvalue weighted by Gasteiger charge is 2.14. The lowest BCUT2D eigenvalue weighted by atomic mass is 10.1. The summed E-state index contributed by atoms with van der Waals surface area (Å²) in [6, 6.07) is 8.54. The summed E-state index contributed by atoms with van der Waals surface area (Å²) in [5.74, 6) is -0.0582. The molecule has 0 saturated carbocycles. The van der Waals surface area contributed by atoms with Gasteiger partial charge in [0.15, 0.2) is 0 Å². The molecule has 0 spiro atoms. The molecule has 146 valence electrons. The Balaban J connectivity index is 1.33. The number of nitrogens with one attached hydrogen (secondary N) is 2. The number of hydrogen-bond donors (Lipinski definition) is 2. The molecule has 2 aromatic heterocycles. The molecule has 2 N–H and O–H groups in total. The van der Waals surface area contributed by atoms with E-state index in [1.165, 1.54) is 16.9 Å². The zero-order valence-corrected chi connectivity index (χ0v) is 16.4. The number of carbonyl (C=O) groups is 1. The van der Waals surface area contributed by atoms with Gasteiger partial charge in [-0.05, 0) is 17.8 Å². The van der Waals surface area contributed by atoms with E-state index in [4.69, 9.17) is 0 Å². The third-order valence-corrected chi connectivity index (χ3v) is 5.63. The molecule has 0 unspecified atom stereocenters. The van der Waals surface area contributed by atoms with Crippen LogP contribution in [-0.4, -0.2) is 74.5 Å². The van der Waals surface area contributed by atoms with Crippen LogP contribution in [0, 0.1) is 0 Å². The van der Waals surface area contributed by atoms with Crippen molar-refractivity contribution in [3.05, 3.63) is 40.9 Å². The number of thiazole rings is 1. The van der Waals surface area contributed by atoms with Crippen LogP contribution in [0.25, 0.3) is 10.6 Å². The van der Waals surface area contributed by atoms with Crippen molar-refractivity contribution in [1.29, 1.82) is 0 Å². The molecule has 10 heteroatoms. The Hall–Kier alpha value is -2.69. The minimum absolute atomic E-state index is 0.163. The fourth-order valence-corrected chi connectivity index (χ4v) is 3.91. The fourth-order valence-electron chi connectivity index (χ4n) is 3.09. The highest BCUT2D eigenvalue weighted by Crippen LogP contribution is 2.24. The summed E-state index contributed by atoms with van der Waals surface area (Å²) in [6.45, 7) is 5.45. The minimum atomic E-state index is -0.222. The normalized spacial score (nSPS) is 15.6. The van der Waals surface area contributed by atoms with E-state index in [1.54, 1.807) is 0 Å². The predicted octanol–water partition coefficient (Wildman–Crippen LogP) is 1.25. The maximum atomic E-state index is 12.0. The lowest BCUT2D eigenvalue weighted by Crippen LogP contribution is -2.43. The van der Waals surface area contributed by atoms with E-state index in [0.29, 0.717) is 0 Å². The molecule has 1 amide bonds. The second kappa shape index (κ2) is 8.55. The first-order valence-electron chi connectivity index (χ1n) is 9.13. The van der Waals surface area contributed by atoms with Gasteiger partial charge in [0.2, 0.25) is 5.91 Å². The molecule has 3 heterocycles. The Kier molecular flexibility index (Phi) is 5.70. The Morgan fingerprint density at radius 2 is 2.00 bits per heavy atom. The second-order valence-electron chi connectivity index (χ2n) is 6.88. The quantitative estimate of drug-likeness (QED) is 0.644. The smallest absolute Gasteiger partial charge is 0.269 e. The van der Waals surface area contributed by atoms with Gasteiger partial charge in [-0.15, -0.1) is 16.4 Å². The van der Waals surface area contributed by atoms with Gasteiger partial charge < -0.3 is 4.90 Å². The van der Waals surface area contributed by atoms with Gasteiger partial charge in [-0.1, -0.05) is 29.4 Å². The molecule has 0 aliphatic carbocycles. The molecule has 4 rings (SSSR count). The summed E-state index contributed by atoms with van der Waals surface area (Å²) < 4.78 is 0. The van der Waals surface area contributed by atoms with Crippen molar-refractivity contribution in [2.24, 2.45) is 0 Å². The number of anilines is 1. The molecule has 1 fully saturated rings. The topological polar surface area (TPSA) is 103 Å². The van der Waals surface area contributed by atoms with Crippen LogP contribution in [0.4, 0.5) is 5.95 Å². The Morgan fingerprint density at radius 1 is 1.21 bits per heavy atom. The van der Waals surface area contributed by atoms with Crippen molar-refractivity contribution in [3.63, 3.8) is 0 Å². The summed E-state index contributed by atoms with van der Waals surface area (Å²) in [6.07, 6.45) is 0.173. The van der Waals surface area contributed by atoms with Crippen LogP contribution >= 0.6 is 11.3 Å². The molecule has 1 saturated heterocycles. The molecule has 1 aromatic carbocycles. The van der Waals surface area contributed by atoms with Crippen molar-refractivity contribution < 1.29 is 4.79 Å². The van der Waals surface area contributed by atoms with Crippen LogP contribution in [0.5, 0.6) is 0 Å². The Bertz CT molecular complexity index is 900. The predicted molar refractivity (Wildman–Crippen MR) is 107 cm³/mol. The number of likely N-dealkylation sites (N-methyl/N-ethyl adjacent to an activating group) is 1. The maximum absolute atomic E-state index is 12.0. The van der Waals surface area contributed by atoms with Gasteiger partial charge in [-0.25, -0.2) is 4.98 Å². The fraction of sp³-hybridized carbons (Fsp3) is 0.389. The summed E-state index contributed by atoms with van der Waals surface area (Å²) in [4.78, 5) is 21.4. The van der Waals surface area contributed by atoms with Gasteiger partial charge in [-0.2, -0.15) is 5.21 Å². The van der Waals surface area contributed by atoms with Gasteiger partial charge in [0.25, 0.3) is 5.95 Å². The summed E-state index contributed by atoms with van der Waals surface area (Å²) in [5.41, 5.74) is 3.10. The summed E-state index contributed by atoms with van der Waals surface area (Å²) in [5, 5.41) is 18.5. The number of aromatic nitrogens is 5. The SMILES string of the molecule is CN1CCN(Cc2ccc(-c3nc(CC(=O)Nc4nn[nH]n4)cs3)cc2)CC1. The zero-order chi connectivity index (χ0) is 19.3. The number of tetrazole rings is 1. The minimum Gasteiger partial charge on any atom is -0.304 e. The molecule has 0 atom stereocenters. The van der Waals surface area contributed by atoms with Crippen molar-refractivity contribution in [2.75, 3.05) is 38.5 Å². The number of piperazine rings is 1.